The number of halogens is 1. The molecule has 19 heavy (non-hydrogen) atoms. The molecule has 0 atom stereocenters. The molecule has 1 aliphatic rings. The highest BCUT2D eigenvalue weighted by atomic mass is 79.9. The predicted molar refractivity (Wildman–Crippen MR) is 85.8 cm³/mol. The summed E-state index contributed by atoms with van der Waals surface area (Å²) in [7, 11) is 0. The quantitative estimate of drug-likeness (QED) is 0.662. The average Bonchev–Trinajstić information content (AvgIpc) is 2.83. The van der Waals surface area contributed by atoms with Gasteiger partial charge in [-0.3, -0.25) is 0 Å². The molecule has 1 aliphatic carbocycles. The zero-order valence-corrected chi connectivity index (χ0v) is 13.6. The number of hydrogen-bond donors (Lipinski definition) is 0. The van der Waals surface area contributed by atoms with Crippen LogP contribution in [0.3, 0.4) is 0 Å². The number of aromatic nitrogens is 1. The van der Waals surface area contributed by atoms with Crippen LogP contribution in [0.15, 0.2) is 28.7 Å². The molecular formula is C16H18BrNS. The van der Waals surface area contributed by atoms with Gasteiger partial charge in [-0.25, -0.2) is 4.98 Å². The van der Waals surface area contributed by atoms with Crippen LogP contribution in [0.25, 0.3) is 11.3 Å². The minimum Gasteiger partial charge on any atom is -0.241 e. The van der Waals surface area contributed by atoms with E-state index in [9.17, 15) is 0 Å². The lowest BCUT2D eigenvalue weighted by Gasteiger charge is -2.18. The fraction of sp³-hybridized carbons (Fsp3) is 0.438. The molecular weight excluding hydrogens is 318 g/mol. The van der Waals surface area contributed by atoms with Gasteiger partial charge in [-0.15, -0.1) is 11.3 Å². The molecule has 0 saturated heterocycles. The monoisotopic (exact) mass is 335 g/mol. The van der Waals surface area contributed by atoms with E-state index in [0.717, 1.165) is 4.47 Å². The fourth-order valence-corrected chi connectivity index (χ4v) is 4.19. The molecule has 1 nitrogen and oxygen atoms in total. The highest BCUT2D eigenvalue weighted by Crippen LogP contribution is 2.38. The van der Waals surface area contributed by atoms with E-state index in [1.165, 1.54) is 53.2 Å². The minimum absolute atomic E-state index is 0.710. The van der Waals surface area contributed by atoms with Gasteiger partial charge in [0, 0.05) is 20.8 Å². The van der Waals surface area contributed by atoms with E-state index in [1.807, 2.05) is 11.3 Å². The number of benzene rings is 1. The van der Waals surface area contributed by atoms with E-state index < -0.39 is 0 Å². The van der Waals surface area contributed by atoms with E-state index in [2.05, 4.69) is 47.1 Å². The Morgan fingerprint density at radius 2 is 1.79 bits per heavy atom. The van der Waals surface area contributed by atoms with Crippen molar-refractivity contribution in [3.8, 4) is 11.3 Å². The maximum Gasteiger partial charge on any atom is 0.0966 e. The Balaban J connectivity index is 1.90. The van der Waals surface area contributed by atoms with Crippen LogP contribution in [0.1, 0.15) is 47.9 Å². The Labute approximate surface area is 127 Å². The lowest BCUT2D eigenvalue weighted by molar-refractivity contribution is 0.442. The van der Waals surface area contributed by atoms with E-state index in [4.69, 9.17) is 4.98 Å². The third kappa shape index (κ3) is 2.92. The molecule has 3 rings (SSSR count). The van der Waals surface area contributed by atoms with Crippen molar-refractivity contribution < 1.29 is 0 Å². The van der Waals surface area contributed by atoms with Crippen molar-refractivity contribution in [3.63, 3.8) is 0 Å². The molecule has 1 aromatic carbocycles. The molecule has 100 valence electrons. The highest BCUT2D eigenvalue weighted by Gasteiger charge is 2.20. The van der Waals surface area contributed by atoms with Gasteiger partial charge < -0.3 is 0 Å². The normalized spacial score (nSPS) is 16.7. The summed E-state index contributed by atoms with van der Waals surface area (Å²) in [5.74, 6) is 0.710. The third-order valence-electron chi connectivity index (χ3n) is 3.89. The number of aryl methyl sites for hydroxylation is 1. The summed E-state index contributed by atoms with van der Waals surface area (Å²) >= 11 is 5.38. The summed E-state index contributed by atoms with van der Waals surface area (Å²) in [6.45, 7) is 2.20. The van der Waals surface area contributed by atoms with Crippen LogP contribution in [0.5, 0.6) is 0 Å². The van der Waals surface area contributed by atoms with Gasteiger partial charge in [-0.2, -0.15) is 0 Å². The number of thiazole rings is 1. The standard InChI is InChI=1S/C16H18BrNS/c1-11-15(12-7-9-14(17)10-8-12)18-16(19-11)13-5-3-2-4-6-13/h7-10,13H,2-6H2,1H3. The maximum atomic E-state index is 4.94. The van der Waals surface area contributed by atoms with Gasteiger partial charge in [0.05, 0.1) is 10.7 Å². The van der Waals surface area contributed by atoms with Crippen LogP contribution in [-0.2, 0) is 0 Å². The smallest absolute Gasteiger partial charge is 0.0966 e. The largest absolute Gasteiger partial charge is 0.241 e. The topological polar surface area (TPSA) is 12.9 Å². The van der Waals surface area contributed by atoms with Crippen LogP contribution in [-0.4, -0.2) is 4.98 Å². The first-order valence-corrected chi connectivity index (χ1v) is 8.58. The highest BCUT2D eigenvalue weighted by molar-refractivity contribution is 9.10. The zero-order chi connectivity index (χ0) is 13.2. The van der Waals surface area contributed by atoms with Crippen LogP contribution in [0, 0.1) is 6.92 Å². The Morgan fingerprint density at radius 3 is 2.47 bits per heavy atom. The van der Waals surface area contributed by atoms with Crippen molar-refractivity contribution in [3.05, 3.63) is 38.6 Å². The van der Waals surface area contributed by atoms with Gasteiger partial charge in [-0.1, -0.05) is 47.3 Å². The molecule has 0 radical (unpaired) electrons. The first kappa shape index (κ1) is 13.3. The molecule has 0 aliphatic heterocycles. The molecule has 0 N–H and O–H groups in total. The van der Waals surface area contributed by atoms with Gasteiger partial charge >= 0.3 is 0 Å². The fourth-order valence-electron chi connectivity index (χ4n) is 2.82. The van der Waals surface area contributed by atoms with Gasteiger partial charge in [0.2, 0.25) is 0 Å². The van der Waals surface area contributed by atoms with Crippen molar-refractivity contribution in [1.29, 1.82) is 0 Å². The Morgan fingerprint density at radius 1 is 1.11 bits per heavy atom. The lowest BCUT2D eigenvalue weighted by Crippen LogP contribution is -2.03. The van der Waals surface area contributed by atoms with E-state index in [0.29, 0.717) is 5.92 Å². The molecule has 1 aromatic heterocycles. The SMILES string of the molecule is Cc1sc(C2CCCCC2)nc1-c1ccc(Br)cc1. The number of hydrogen-bond acceptors (Lipinski definition) is 2. The molecule has 1 saturated carbocycles. The van der Waals surface area contributed by atoms with E-state index in [1.54, 1.807) is 0 Å². The van der Waals surface area contributed by atoms with Crippen LogP contribution < -0.4 is 0 Å². The Hall–Kier alpha value is -0.670. The minimum atomic E-state index is 0.710. The summed E-state index contributed by atoms with van der Waals surface area (Å²) in [6.07, 6.45) is 6.80. The average molecular weight is 336 g/mol. The Bertz CT molecular complexity index is 553. The Kier molecular flexibility index (Phi) is 4.04. The first-order valence-electron chi connectivity index (χ1n) is 6.97. The van der Waals surface area contributed by atoms with Crippen LogP contribution >= 0.6 is 27.3 Å². The van der Waals surface area contributed by atoms with Gasteiger partial charge in [0.1, 0.15) is 0 Å². The lowest BCUT2D eigenvalue weighted by atomic mass is 9.90. The second kappa shape index (κ2) is 5.76. The molecule has 0 bridgehead atoms. The van der Waals surface area contributed by atoms with Crippen molar-refractivity contribution in [2.75, 3.05) is 0 Å². The summed E-state index contributed by atoms with van der Waals surface area (Å²) in [4.78, 5) is 6.29. The van der Waals surface area contributed by atoms with Crippen molar-refractivity contribution in [1.82, 2.24) is 4.98 Å². The van der Waals surface area contributed by atoms with Crippen molar-refractivity contribution >= 4 is 27.3 Å². The van der Waals surface area contributed by atoms with Crippen LogP contribution in [0.2, 0.25) is 0 Å². The molecule has 0 unspecified atom stereocenters. The molecule has 0 spiro atoms. The van der Waals surface area contributed by atoms with Gasteiger partial charge in [0.25, 0.3) is 0 Å². The first-order chi connectivity index (χ1) is 9.24. The third-order valence-corrected chi connectivity index (χ3v) is 5.55. The van der Waals surface area contributed by atoms with Crippen LogP contribution in [0.4, 0.5) is 0 Å². The molecule has 1 fully saturated rings. The maximum absolute atomic E-state index is 4.94. The zero-order valence-electron chi connectivity index (χ0n) is 11.2. The molecule has 3 heteroatoms. The summed E-state index contributed by atoms with van der Waals surface area (Å²) in [5, 5.41) is 1.36. The second-order valence-electron chi connectivity index (χ2n) is 5.30. The van der Waals surface area contributed by atoms with Gasteiger partial charge in [-0.05, 0) is 31.9 Å². The van der Waals surface area contributed by atoms with E-state index in [-0.39, 0.29) is 0 Å². The van der Waals surface area contributed by atoms with Gasteiger partial charge in [0.15, 0.2) is 0 Å². The van der Waals surface area contributed by atoms with Crippen molar-refractivity contribution in [2.45, 2.75) is 44.9 Å². The van der Waals surface area contributed by atoms with E-state index >= 15 is 0 Å². The summed E-state index contributed by atoms with van der Waals surface area (Å²) < 4.78 is 1.12. The molecule has 2 aromatic rings. The molecule has 0 amide bonds. The second-order valence-corrected chi connectivity index (χ2v) is 7.45. The van der Waals surface area contributed by atoms with Crippen molar-refractivity contribution in [2.24, 2.45) is 0 Å². The summed E-state index contributed by atoms with van der Waals surface area (Å²) in [5.41, 5.74) is 2.41. The summed E-state index contributed by atoms with van der Waals surface area (Å²) in [6, 6.07) is 8.48. The number of nitrogens with zero attached hydrogens (tertiary/aromatic N) is 1. The predicted octanol–water partition coefficient (Wildman–Crippen LogP) is 5.93. The molecule has 1 heterocycles. The number of rotatable bonds is 2.